The second-order valence-electron chi connectivity index (χ2n) is 9.71. The molecule has 0 radical (unpaired) electrons. The Morgan fingerprint density at radius 3 is 2.59 bits per heavy atom. The minimum Gasteiger partial charge on any atom is -0.609 e. The fraction of sp³-hybridized carbons (Fsp3) is 0.276. The Bertz CT molecular complexity index is 1490. The minimum atomic E-state index is -1.41. The summed E-state index contributed by atoms with van der Waals surface area (Å²) in [5, 5.41) is 4.30. The summed E-state index contributed by atoms with van der Waals surface area (Å²) in [6.45, 7) is 1.96. The van der Waals surface area contributed by atoms with Crippen molar-refractivity contribution in [3.8, 4) is 5.75 Å². The first-order chi connectivity index (χ1) is 19.1. The molecule has 1 N–H and O–H groups in total. The maximum absolute atomic E-state index is 13.3. The van der Waals surface area contributed by atoms with Crippen molar-refractivity contribution in [1.82, 2.24) is 19.9 Å². The SMILES string of the molecule is [O-][S+](Cc1ncc(OCc2ccc(F)cc2)c(N2CCC(Cc3ccccc3)CC2)n1)c1nc2cscc2[nH]1. The predicted molar refractivity (Wildman–Crippen MR) is 152 cm³/mol. The first-order valence-electron chi connectivity index (χ1n) is 12.9. The number of nitrogens with zero attached hydrogens (tertiary/aromatic N) is 4. The molecule has 4 heterocycles. The molecular formula is C29H28FN5O2S2. The zero-order valence-electron chi connectivity index (χ0n) is 21.3. The molecule has 6 rings (SSSR count). The third kappa shape index (κ3) is 6.24. The van der Waals surface area contributed by atoms with Crippen LogP contribution in [0.25, 0.3) is 11.0 Å². The number of hydrogen-bond donors (Lipinski definition) is 1. The van der Waals surface area contributed by atoms with Crippen LogP contribution in [0.15, 0.2) is 76.7 Å². The molecule has 5 aromatic rings. The van der Waals surface area contributed by atoms with E-state index in [-0.39, 0.29) is 18.2 Å². The summed E-state index contributed by atoms with van der Waals surface area (Å²) >= 11 is 0.141. The van der Waals surface area contributed by atoms with E-state index in [1.54, 1.807) is 29.7 Å². The maximum Gasteiger partial charge on any atom is 0.322 e. The molecule has 7 nitrogen and oxygen atoms in total. The molecule has 10 heteroatoms. The second kappa shape index (κ2) is 11.7. The van der Waals surface area contributed by atoms with Gasteiger partial charge >= 0.3 is 5.16 Å². The first kappa shape index (κ1) is 25.8. The Hall–Kier alpha value is -3.47. The standard InChI is InChI=1S/C29H28FN5O2S2/c30-23-8-6-22(7-9-23)16-37-26-15-31-27(19-39(36)29-32-24-17-38-18-25(24)33-29)34-28(26)35-12-10-21(11-13-35)14-20-4-2-1-3-5-20/h1-9,15,17-18,21H,10-14,16,19H2,(H,32,33). The highest BCUT2D eigenvalue weighted by molar-refractivity contribution is 7.90. The second-order valence-corrected chi connectivity index (χ2v) is 11.8. The molecule has 3 aromatic heterocycles. The summed E-state index contributed by atoms with van der Waals surface area (Å²) in [4.78, 5) is 19.1. The molecule has 0 amide bonds. The number of halogens is 1. The zero-order chi connectivity index (χ0) is 26.6. The lowest BCUT2D eigenvalue weighted by molar-refractivity contribution is 0.301. The van der Waals surface area contributed by atoms with Gasteiger partial charge in [-0.05, 0) is 48.4 Å². The molecule has 1 saturated heterocycles. The number of piperidine rings is 1. The van der Waals surface area contributed by atoms with Crippen LogP contribution >= 0.6 is 11.3 Å². The van der Waals surface area contributed by atoms with Gasteiger partial charge in [0.1, 0.15) is 17.9 Å². The molecule has 0 aliphatic carbocycles. The van der Waals surface area contributed by atoms with Crippen molar-refractivity contribution in [2.24, 2.45) is 5.92 Å². The van der Waals surface area contributed by atoms with E-state index in [4.69, 9.17) is 9.72 Å². The highest BCUT2D eigenvalue weighted by atomic mass is 32.2. The van der Waals surface area contributed by atoms with E-state index in [1.165, 1.54) is 17.7 Å². The topological polar surface area (TPSA) is 90.0 Å². The molecule has 39 heavy (non-hydrogen) atoms. The van der Waals surface area contributed by atoms with Gasteiger partial charge in [0.2, 0.25) is 0 Å². The summed E-state index contributed by atoms with van der Waals surface area (Å²) in [7, 11) is 0. The third-order valence-corrected chi connectivity index (χ3v) is 8.83. The van der Waals surface area contributed by atoms with E-state index in [0.29, 0.717) is 28.5 Å². The Balaban J connectivity index is 1.19. The Morgan fingerprint density at radius 1 is 1.03 bits per heavy atom. The van der Waals surface area contributed by atoms with Gasteiger partial charge in [0, 0.05) is 35.0 Å². The lowest BCUT2D eigenvalue weighted by atomic mass is 9.90. The number of rotatable bonds is 9. The number of anilines is 1. The zero-order valence-corrected chi connectivity index (χ0v) is 22.9. The van der Waals surface area contributed by atoms with Crippen LogP contribution in [0.2, 0.25) is 0 Å². The van der Waals surface area contributed by atoms with Crippen molar-refractivity contribution >= 4 is 39.4 Å². The number of H-pyrrole nitrogens is 1. The molecule has 1 aliphatic heterocycles. The quantitative estimate of drug-likeness (QED) is 0.226. The lowest BCUT2D eigenvalue weighted by Gasteiger charge is -2.33. The summed E-state index contributed by atoms with van der Waals surface area (Å²) in [5.74, 6) is 2.21. The number of nitrogens with one attached hydrogen (secondary N) is 1. The molecule has 1 aliphatic rings. The molecule has 1 fully saturated rings. The van der Waals surface area contributed by atoms with E-state index >= 15 is 0 Å². The summed E-state index contributed by atoms with van der Waals surface area (Å²) in [6, 6.07) is 16.9. The van der Waals surface area contributed by atoms with Crippen LogP contribution in [0.3, 0.4) is 0 Å². The van der Waals surface area contributed by atoms with Gasteiger partial charge in [-0.15, -0.1) is 11.3 Å². The molecular weight excluding hydrogens is 533 g/mol. The highest BCUT2D eigenvalue weighted by Gasteiger charge is 2.26. The molecule has 0 bridgehead atoms. The molecule has 0 spiro atoms. The lowest BCUT2D eigenvalue weighted by Crippen LogP contribution is -2.35. The molecule has 2 aromatic carbocycles. The number of fused-ring (bicyclic) bond motifs is 1. The van der Waals surface area contributed by atoms with Crippen LogP contribution in [0.1, 0.15) is 29.8 Å². The first-order valence-corrected chi connectivity index (χ1v) is 15.2. The number of imidazole rings is 1. The third-order valence-electron chi connectivity index (χ3n) is 6.96. The van der Waals surface area contributed by atoms with Crippen molar-refractivity contribution in [1.29, 1.82) is 0 Å². The van der Waals surface area contributed by atoms with Crippen LogP contribution in [-0.4, -0.2) is 37.6 Å². The Labute approximate surface area is 233 Å². The summed E-state index contributed by atoms with van der Waals surface area (Å²) in [5.41, 5.74) is 3.91. The van der Waals surface area contributed by atoms with Crippen molar-refractivity contribution < 1.29 is 13.7 Å². The fourth-order valence-corrected chi connectivity index (χ4v) is 6.48. The molecule has 0 saturated carbocycles. The monoisotopic (exact) mass is 561 g/mol. The number of aromatic amines is 1. The smallest absolute Gasteiger partial charge is 0.322 e. The summed E-state index contributed by atoms with van der Waals surface area (Å²) < 4.78 is 32.5. The average molecular weight is 562 g/mol. The number of ether oxygens (including phenoxy) is 1. The number of benzene rings is 2. The van der Waals surface area contributed by atoms with Gasteiger partial charge < -0.3 is 14.2 Å². The van der Waals surface area contributed by atoms with Gasteiger partial charge in [-0.3, -0.25) is 4.98 Å². The fourth-order valence-electron chi connectivity index (χ4n) is 4.85. The number of hydrogen-bond acceptors (Lipinski definition) is 7. The van der Waals surface area contributed by atoms with Crippen molar-refractivity contribution in [2.75, 3.05) is 18.0 Å². The summed E-state index contributed by atoms with van der Waals surface area (Å²) in [6.07, 6.45) is 4.81. The molecule has 200 valence electrons. The van der Waals surface area contributed by atoms with Crippen molar-refractivity contribution in [3.63, 3.8) is 0 Å². The van der Waals surface area contributed by atoms with E-state index in [0.717, 1.165) is 48.9 Å². The van der Waals surface area contributed by atoms with E-state index in [2.05, 4.69) is 44.1 Å². The van der Waals surface area contributed by atoms with Gasteiger partial charge in [-0.1, -0.05) is 42.5 Å². The van der Waals surface area contributed by atoms with Gasteiger partial charge in [0.05, 0.1) is 11.7 Å². The van der Waals surface area contributed by atoms with Crippen molar-refractivity contribution in [3.05, 3.63) is 94.3 Å². The maximum atomic E-state index is 13.3. The molecule has 1 atom stereocenters. The van der Waals surface area contributed by atoms with Gasteiger partial charge in [0.25, 0.3) is 0 Å². The minimum absolute atomic E-state index is 0.148. The van der Waals surface area contributed by atoms with Crippen molar-refractivity contribution in [2.45, 2.75) is 36.8 Å². The highest BCUT2D eigenvalue weighted by Crippen LogP contribution is 2.32. The van der Waals surface area contributed by atoms with Crippen LogP contribution in [-0.2, 0) is 30.0 Å². The Morgan fingerprint density at radius 2 is 1.82 bits per heavy atom. The number of aromatic nitrogens is 4. The van der Waals surface area contributed by atoms with Gasteiger partial charge in [0.15, 0.2) is 23.1 Å². The van der Waals surface area contributed by atoms with Crippen LogP contribution in [0.5, 0.6) is 5.75 Å². The number of thiophene rings is 1. The average Bonchev–Trinajstić information content (AvgIpc) is 3.57. The van der Waals surface area contributed by atoms with Gasteiger partial charge in [-0.25, -0.2) is 14.4 Å². The van der Waals surface area contributed by atoms with Crippen LogP contribution in [0, 0.1) is 11.7 Å². The predicted octanol–water partition coefficient (Wildman–Crippen LogP) is 5.90. The largest absolute Gasteiger partial charge is 0.609 e. The van der Waals surface area contributed by atoms with E-state index in [1.807, 2.05) is 16.8 Å². The Kier molecular flexibility index (Phi) is 7.76. The van der Waals surface area contributed by atoms with Crippen LogP contribution in [0.4, 0.5) is 10.2 Å². The molecule has 1 unspecified atom stereocenters. The van der Waals surface area contributed by atoms with Crippen LogP contribution < -0.4 is 9.64 Å². The van der Waals surface area contributed by atoms with E-state index in [9.17, 15) is 8.94 Å². The van der Waals surface area contributed by atoms with Gasteiger partial charge in [-0.2, -0.15) is 4.98 Å². The van der Waals surface area contributed by atoms with E-state index < -0.39 is 11.2 Å². The normalized spacial score (nSPS) is 15.1.